The van der Waals surface area contributed by atoms with E-state index in [2.05, 4.69) is 13.7 Å². The smallest absolute Gasteiger partial charge is 0.255 e. The molecule has 5 rings (SSSR count). The third kappa shape index (κ3) is 4.15. The summed E-state index contributed by atoms with van der Waals surface area (Å²) in [6.45, 7) is 3.80. The minimum atomic E-state index is 0.00930. The Morgan fingerprint density at radius 3 is 2.29 bits per heavy atom. The van der Waals surface area contributed by atoms with Gasteiger partial charge < -0.3 is 14.5 Å². The number of ether oxygens (including phenoxy) is 1. The van der Waals surface area contributed by atoms with Crippen molar-refractivity contribution in [2.75, 3.05) is 39.4 Å². The van der Waals surface area contributed by atoms with Gasteiger partial charge in [0, 0.05) is 49.6 Å². The number of benzene rings is 1. The van der Waals surface area contributed by atoms with Gasteiger partial charge in [0.05, 0.1) is 30.5 Å². The third-order valence-corrected chi connectivity index (χ3v) is 6.59. The molecule has 1 aromatic carbocycles. The Kier molecular flexibility index (Phi) is 5.61. The lowest BCUT2D eigenvalue weighted by Gasteiger charge is -2.32. The fourth-order valence-electron chi connectivity index (χ4n) is 4.20. The quantitative estimate of drug-likeness (QED) is 0.626. The largest absolute Gasteiger partial charge is 0.378 e. The number of morpholine rings is 1. The van der Waals surface area contributed by atoms with Crippen LogP contribution >= 0.6 is 11.7 Å². The van der Waals surface area contributed by atoms with E-state index in [1.807, 2.05) is 40.1 Å². The summed E-state index contributed by atoms with van der Waals surface area (Å²) < 4.78 is 13.7. The molecular weight excluding hydrogens is 414 g/mol. The van der Waals surface area contributed by atoms with Crippen molar-refractivity contribution in [3.8, 4) is 0 Å². The number of carbonyl (C=O) groups is 2. The lowest BCUT2D eigenvalue weighted by Crippen LogP contribution is -2.40. The fraction of sp³-hybridized carbons (Fsp3) is 0.409. The molecule has 2 aliphatic rings. The standard InChI is InChI=1S/C22H23N5O3S/c28-21(16-1-4-19-20(13-16)25-31-24-19)26-7-5-15(6-8-26)18-3-2-17(14-23-18)22(29)27-9-11-30-12-10-27/h1-4,13-15H,5-12H2. The predicted molar refractivity (Wildman–Crippen MR) is 116 cm³/mol. The normalized spacial score (nSPS) is 17.8. The number of likely N-dealkylation sites (tertiary alicyclic amines) is 1. The van der Waals surface area contributed by atoms with Crippen molar-refractivity contribution in [2.45, 2.75) is 18.8 Å². The molecule has 0 atom stereocenters. The first-order chi connectivity index (χ1) is 15.2. The molecule has 3 aromatic rings. The van der Waals surface area contributed by atoms with Crippen LogP contribution in [0.2, 0.25) is 0 Å². The summed E-state index contributed by atoms with van der Waals surface area (Å²) >= 11 is 1.16. The summed E-state index contributed by atoms with van der Waals surface area (Å²) in [7, 11) is 0. The van der Waals surface area contributed by atoms with Crippen molar-refractivity contribution in [1.29, 1.82) is 0 Å². The van der Waals surface area contributed by atoms with Gasteiger partial charge in [0.25, 0.3) is 11.8 Å². The molecule has 2 fully saturated rings. The molecule has 0 N–H and O–H groups in total. The van der Waals surface area contributed by atoms with Crippen LogP contribution in [0, 0.1) is 0 Å². The van der Waals surface area contributed by atoms with Crippen LogP contribution in [-0.2, 0) is 4.74 Å². The van der Waals surface area contributed by atoms with Gasteiger partial charge in [0.1, 0.15) is 11.0 Å². The maximum atomic E-state index is 12.9. The van der Waals surface area contributed by atoms with Gasteiger partial charge in [-0.1, -0.05) is 0 Å². The Hall–Kier alpha value is -2.91. The maximum absolute atomic E-state index is 12.9. The minimum Gasteiger partial charge on any atom is -0.378 e. The van der Waals surface area contributed by atoms with Crippen LogP contribution in [0.1, 0.15) is 45.2 Å². The van der Waals surface area contributed by atoms with Crippen LogP contribution < -0.4 is 0 Å². The molecule has 0 spiro atoms. The van der Waals surface area contributed by atoms with Crippen molar-refractivity contribution >= 4 is 34.6 Å². The Morgan fingerprint density at radius 1 is 0.871 bits per heavy atom. The van der Waals surface area contributed by atoms with Gasteiger partial charge in [-0.25, -0.2) is 0 Å². The van der Waals surface area contributed by atoms with E-state index < -0.39 is 0 Å². The summed E-state index contributed by atoms with van der Waals surface area (Å²) in [5, 5.41) is 0. The van der Waals surface area contributed by atoms with Gasteiger partial charge in [0.2, 0.25) is 0 Å². The number of hydrogen-bond donors (Lipinski definition) is 0. The number of pyridine rings is 1. The molecule has 2 amide bonds. The Bertz CT molecular complexity index is 1090. The van der Waals surface area contributed by atoms with Crippen molar-refractivity contribution in [1.82, 2.24) is 23.5 Å². The highest BCUT2D eigenvalue weighted by Gasteiger charge is 2.26. The average Bonchev–Trinajstić information content (AvgIpc) is 3.32. The molecule has 0 radical (unpaired) electrons. The van der Waals surface area contributed by atoms with E-state index in [4.69, 9.17) is 4.74 Å². The van der Waals surface area contributed by atoms with Crippen LogP contribution in [0.25, 0.3) is 11.0 Å². The predicted octanol–water partition coefficient (Wildman–Crippen LogP) is 2.58. The number of rotatable bonds is 3. The van der Waals surface area contributed by atoms with Crippen LogP contribution in [0.15, 0.2) is 36.5 Å². The van der Waals surface area contributed by atoms with E-state index in [0.717, 1.165) is 41.3 Å². The SMILES string of the molecule is O=C(c1ccc(C2CCN(C(=O)c3ccc4nsnc4c3)CC2)nc1)N1CCOCC1. The Morgan fingerprint density at radius 2 is 1.55 bits per heavy atom. The minimum absolute atomic E-state index is 0.00930. The molecule has 31 heavy (non-hydrogen) atoms. The van der Waals surface area contributed by atoms with Crippen molar-refractivity contribution < 1.29 is 14.3 Å². The lowest BCUT2D eigenvalue weighted by molar-refractivity contribution is 0.0302. The number of nitrogens with zero attached hydrogens (tertiary/aromatic N) is 5. The van der Waals surface area contributed by atoms with Crippen LogP contribution in [0.4, 0.5) is 0 Å². The molecule has 0 unspecified atom stereocenters. The Balaban J connectivity index is 1.20. The van der Waals surface area contributed by atoms with E-state index in [1.165, 1.54) is 0 Å². The summed E-state index contributed by atoms with van der Waals surface area (Å²) in [6.07, 6.45) is 3.40. The van der Waals surface area contributed by atoms with E-state index in [9.17, 15) is 9.59 Å². The first kappa shape index (κ1) is 20.0. The van der Waals surface area contributed by atoms with Gasteiger partial charge >= 0.3 is 0 Å². The van der Waals surface area contributed by atoms with Gasteiger partial charge in [-0.05, 0) is 43.2 Å². The highest BCUT2D eigenvalue weighted by molar-refractivity contribution is 7.00. The van der Waals surface area contributed by atoms with Gasteiger partial charge in [0.15, 0.2) is 0 Å². The van der Waals surface area contributed by atoms with Crippen LogP contribution in [0.5, 0.6) is 0 Å². The topological polar surface area (TPSA) is 88.5 Å². The zero-order valence-electron chi connectivity index (χ0n) is 17.1. The summed E-state index contributed by atoms with van der Waals surface area (Å²) in [4.78, 5) is 33.8. The molecule has 160 valence electrons. The monoisotopic (exact) mass is 437 g/mol. The lowest BCUT2D eigenvalue weighted by atomic mass is 9.92. The maximum Gasteiger partial charge on any atom is 0.255 e. The number of fused-ring (bicyclic) bond motifs is 1. The fourth-order valence-corrected chi connectivity index (χ4v) is 4.72. The second-order valence-electron chi connectivity index (χ2n) is 7.91. The van der Waals surface area contributed by atoms with Gasteiger partial charge in [-0.3, -0.25) is 14.6 Å². The number of amides is 2. The van der Waals surface area contributed by atoms with Crippen molar-refractivity contribution in [2.24, 2.45) is 0 Å². The number of aromatic nitrogens is 3. The zero-order valence-corrected chi connectivity index (χ0v) is 17.9. The van der Waals surface area contributed by atoms with Crippen LogP contribution in [0.3, 0.4) is 0 Å². The molecule has 2 saturated heterocycles. The number of hydrogen-bond acceptors (Lipinski definition) is 7. The molecule has 0 bridgehead atoms. The van der Waals surface area contributed by atoms with E-state index >= 15 is 0 Å². The highest BCUT2D eigenvalue weighted by atomic mass is 32.1. The molecule has 4 heterocycles. The number of piperidine rings is 1. The van der Waals surface area contributed by atoms with Gasteiger partial charge in [-0.2, -0.15) is 8.75 Å². The van der Waals surface area contributed by atoms with E-state index in [0.29, 0.717) is 56.4 Å². The third-order valence-electron chi connectivity index (χ3n) is 6.03. The second-order valence-corrected chi connectivity index (χ2v) is 8.44. The molecule has 2 aliphatic heterocycles. The van der Waals surface area contributed by atoms with E-state index in [1.54, 1.807) is 6.20 Å². The van der Waals surface area contributed by atoms with Crippen molar-refractivity contribution in [3.63, 3.8) is 0 Å². The first-order valence-electron chi connectivity index (χ1n) is 10.5. The van der Waals surface area contributed by atoms with Crippen LogP contribution in [-0.4, -0.2) is 74.7 Å². The highest BCUT2D eigenvalue weighted by Crippen LogP contribution is 2.28. The van der Waals surface area contributed by atoms with Crippen molar-refractivity contribution in [3.05, 3.63) is 53.3 Å². The second kappa shape index (κ2) is 8.68. The Labute approximate surface area is 184 Å². The molecule has 8 nitrogen and oxygen atoms in total. The molecule has 9 heteroatoms. The average molecular weight is 438 g/mol. The summed E-state index contributed by atoms with van der Waals surface area (Å²) in [5.41, 5.74) is 3.84. The molecule has 0 aliphatic carbocycles. The molecule has 0 saturated carbocycles. The van der Waals surface area contributed by atoms with Gasteiger partial charge in [-0.15, -0.1) is 0 Å². The molecular formula is C22H23N5O3S. The first-order valence-corrected chi connectivity index (χ1v) is 11.3. The summed E-state index contributed by atoms with van der Waals surface area (Å²) in [6, 6.07) is 9.32. The number of carbonyl (C=O) groups excluding carboxylic acids is 2. The molecule has 2 aromatic heterocycles. The van der Waals surface area contributed by atoms with E-state index in [-0.39, 0.29) is 11.8 Å². The summed E-state index contributed by atoms with van der Waals surface area (Å²) in [5.74, 6) is 0.338. The zero-order chi connectivity index (χ0) is 21.2.